The molecule has 0 bridgehead atoms. The molecule has 1 saturated heterocycles. The third kappa shape index (κ3) is 5.60. The van der Waals surface area contributed by atoms with Crippen molar-refractivity contribution < 1.29 is 9.53 Å². The highest BCUT2D eigenvalue weighted by molar-refractivity contribution is 9.10. The Balaban J connectivity index is 1.26. The van der Waals surface area contributed by atoms with Gasteiger partial charge < -0.3 is 10.1 Å². The van der Waals surface area contributed by atoms with Gasteiger partial charge in [0.25, 0.3) is 0 Å². The number of thiophene rings is 1. The Hall–Kier alpha value is -2.05. The van der Waals surface area contributed by atoms with Gasteiger partial charge in [-0.3, -0.25) is 9.36 Å². The zero-order valence-corrected chi connectivity index (χ0v) is 22.4. The first kappa shape index (κ1) is 23.7. The second-order valence-electron chi connectivity index (χ2n) is 7.88. The Morgan fingerprint density at radius 1 is 1.24 bits per heavy atom. The van der Waals surface area contributed by atoms with E-state index >= 15 is 0 Å². The molecule has 1 aromatic carbocycles. The molecule has 0 saturated carbocycles. The van der Waals surface area contributed by atoms with Crippen LogP contribution in [0.1, 0.15) is 17.7 Å². The maximum Gasteiger partial charge on any atom is 0.236 e. The van der Waals surface area contributed by atoms with E-state index in [1.807, 2.05) is 29.6 Å². The molecule has 1 fully saturated rings. The summed E-state index contributed by atoms with van der Waals surface area (Å²) < 4.78 is 8.96. The van der Waals surface area contributed by atoms with Gasteiger partial charge in [-0.15, -0.1) is 32.9 Å². The number of nitrogens with zero attached hydrogens (tertiary/aromatic N) is 4. The van der Waals surface area contributed by atoms with E-state index < -0.39 is 0 Å². The highest BCUT2D eigenvalue weighted by Gasteiger charge is 2.23. The van der Waals surface area contributed by atoms with Gasteiger partial charge in [-0.05, 0) is 38.0 Å². The van der Waals surface area contributed by atoms with E-state index in [1.54, 1.807) is 11.3 Å². The Labute approximate surface area is 218 Å². The van der Waals surface area contributed by atoms with Gasteiger partial charge in [0.15, 0.2) is 16.1 Å². The smallest absolute Gasteiger partial charge is 0.236 e. The molecule has 4 aromatic rings. The third-order valence-electron chi connectivity index (χ3n) is 5.34. The molecule has 11 heteroatoms. The summed E-state index contributed by atoms with van der Waals surface area (Å²) in [5, 5.41) is 17.1. The Kier molecular flexibility index (Phi) is 7.45. The number of anilines is 1. The minimum Gasteiger partial charge on any atom is -0.376 e. The lowest BCUT2D eigenvalue weighted by molar-refractivity contribution is -0.113. The number of aryl methyl sites for hydroxylation is 1. The van der Waals surface area contributed by atoms with Crippen LogP contribution in [0.4, 0.5) is 5.13 Å². The fraction of sp³-hybridized carbons (Fsp3) is 0.304. The van der Waals surface area contributed by atoms with Crippen molar-refractivity contribution in [2.45, 2.75) is 37.6 Å². The van der Waals surface area contributed by atoms with Gasteiger partial charge in [0.05, 0.1) is 24.1 Å². The normalized spacial score (nSPS) is 15.6. The number of aromatic nitrogens is 4. The molecule has 34 heavy (non-hydrogen) atoms. The summed E-state index contributed by atoms with van der Waals surface area (Å²) in [6.45, 7) is 3.56. The highest BCUT2D eigenvalue weighted by atomic mass is 79.9. The molecule has 3 aromatic heterocycles. The van der Waals surface area contributed by atoms with E-state index in [1.165, 1.54) is 28.0 Å². The van der Waals surface area contributed by atoms with Crippen LogP contribution >= 0.6 is 50.4 Å². The third-order valence-corrected chi connectivity index (χ3v) is 8.45. The van der Waals surface area contributed by atoms with Gasteiger partial charge in [0.2, 0.25) is 5.91 Å². The average Bonchev–Trinajstić information content (AvgIpc) is 3.62. The maximum atomic E-state index is 12.7. The molecule has 1 atom stereocenters. The van der Waals surface area contributed by atoms with Crippen molar-refractivity contribution >= 4 is 61.4 Å². The molecule has 1 unspecified atom stereocenters. The first-order chi connectivity index (χ1) is 16.5. The lowest BCUT2D eigenvalue weighted by atomic mass is 10.2. The number of ether oxygens (including phenoxy) is 1. The van der Waals surface area contributed by atoms with Gasteiger partial charge in [0.1, 0.15) is 0 Å². The number of carbonyl (C=O) groups excluding carboxylic acids is 1. The van der Waals surface area contributed by atoms with Gasteiger partial charge in [-0.1, -0.05) is 39.8 Å². The standard InChI is InChI=1S/C23H22BrN5O2S3/c1-14-9-16(11-32-14)21-27-28-23(29(21)10-18-3-2-8-31-18)34-13-20(30)26-22-25-19(12-33-22)15-4-6-17(24)7-5-15/h4-7,9,11-12,18H,2-3,8,10,13H2,1H3,(H,25,26,30). The van der Waals surface area contributed by atoms with Crippen LogP contribution in [0.25, 0.3) is 22.6 Å². The SMILES string of the molecule is Cc1cc(-c2nnc(SCC(=O)Nc3nc(-c4ccc(Br)cc4)cs3)n2CC2CCCO2)cs1. The highest BCUT2D eigenvalue weighted by Crippen LogP contribution is 2.30. The van der Waals surface area contributed by atoms with Crippen LogP contribution in [0.3, 0.4) is 0 Å². The summed E-state index contributed by atoms with van der Waals surface area (Å²) in [5.41, 5.74) is 2.90. The van der Waals surface area contributed by atoms with E-state index in [4.69, 9.17) is 4.74 Å². The second-order valence-corrected chi connectivity index (χ2v) is 11.7. The van der Waals surface area contributed by atoms with Crippen molar-refractivity contribution in [3.63, 3.8) is 0 Å². The number of halogens is 1. The van der Waals surface area contributed by atoms with Crippen molar-refractivity contribution in [2.24, 2.45) is 0 Å². The summed E-state index contributed by atoms with van der Waals surface area (Å²) in [4.78, 5) is 18.4. The minimum atomic E-state index is -0.124. The first-order valence-electron chi connectivity index (χ1n) is 10.8. The van der Waals surface area contributed by atoms with Crippen molar-refractivity contribution in [3.8, 4) is 22.6 Å². The molecule has 176 valence electrons. The Morgan fingerprint density at radius 2 is 2.09 bits per heavy atom. The topological polar surface area (TPSA) is 81.9 Å². The Morgan fingerprint density at radius 3 is 2.82 bits per heavy atom. The molecule has 0 radical (unpaired) electrons. The van der Waals surface area contributed by atoms with E-state index in [9.17, 15) is 4.79 Å². The minimum absolute atomic E-state index is 0.124. The average molecular weight is 577 g/mol. The maximum absolute atomic E-state index is 12.7. The van der Waals surface area contributed by atoms with E-state index in [2.05, 4.69) is 59.4 Å². The molecule has 1 N–H and O–H groups in total. The van der Waals surface area contributed by atoms with Gasteiger partial charge >= 0.3 is 0 Å². The van der Waals surface area contributed by atoms with Crippen LogP contribution in [0, 0.1) is 6.92 Å². The number of amides is 1. The number of hydrogen-bond acceptors (Lipinski definition) is 8. The molecular formula is C23H22BrN5O2S3. The Bertz CT molecular complexity index is 1280. The number of thiazole rings is 1. The fourth-order valence-electron chi connectivity index (χ4n) is 3.70. The number of hydrogen-bond donors (Lipinski definition) is 1. The van der Waals surface area contributed by atoms with Gasteiger partial charge in [0, 0.05) is 37.8 Å². The van der Waals surface area contributed by atoms with E-state index in [-0.39, 0.29) is 17.8 Å². The van der Waals surface area contributed by atoms with Crippen LogP contribution in [0.2, 0.25) is 0 Å². The van der Waals surface area contributed by atoms with Crippen molar-refractivity contribution in [1.29, 1.82) is 0 Å². The lowest BCUT2D eigenvalue weighted by Gasteiger charge is -2.14. The van der Waals surface area contributed by atoms with Crippen molar-refractivity contribution in [2.75, 3.05) is 17.7 Å². The molecule has 1 aliphatic rings. The summed E-state index contributed by atoms with van der Waals surface area (Å²) >= 11 is 7.93. The number of nitrogens with one attached hydrogen (secondary N) is 1. The van der Waals surface area contributed by atoms with Crippen LogP contribution in [0.15, 0.2) is 50.7 Å². The van der Waals surface area contributed by atoms with Crippen LogP contribution in [-0.4, -0.2) is 44.1 Å². The quantitative estimate of drug-likeness (QED) is 0.255. The van der Waals surface area contributed by atoms with Gasteiger partial charge in [-0.25, -0.2) is 4.98 Å². The number of benzene rings is 1. The van der Waals surface area contributed by atoms with E-state index in [0.29, 0.717) is 11.7 Å². The van der Waals surface area contributed by atoms with Crippen LogP contribution in [0.5, 0.6) is 0 Å². The zero-order chi connectivity index (χ0) is 23.5. The molecule has 7 nitrogen and oxygen atoms in total. The zero-order valence-electron chi connectivity index (χ0n) is 18.4. The first-order valence-corrected chi connectivity index (χ1v) is 14.3. The van der Waals surface area contributed by atoms with Crippen molar-refractivity contribution in [1.82, 2.24) is 19.7 Å². The molecular weight excluding hydrogens is 554 g/mol. The number of rotatable bonds is 8. The predicted octanol–water partition coefficient (Wildman–Crippen LogP) is 6.11. The van der Waals surface area contributed by atoms with Crippen LogP contribution < -0.4 is 5.32 Å². The number of thioether (sulfide) groups is 1. The van der Waals surface area contributed by atoms with Crippen molar-refractivity contribution in [3.05, 3.63) is 50.4 Å². The predicted molar refractivity (Wildman–Crippen MR) is 142 cm³/mol. The molecule has 0 spiro atoms. The molecule has 1 amide bonds. The molecule has 0 aliphatic carbocycles. The summed E-state index contributed by atoms with van der Waals surface area (Å²) in [5.74, 6) is 0.919. The fourth-order valence-corrected chi connectivity index (χ4v) is 6.13. The second kappa shape index (κ2) is 10.7. The monoisotopic (exact) mass is 575 g/mol. The lowest BCUT2D eigenvalue weighted by Crippen LogP contribution is -2.18. The largest absolute Gasteiger partial charge is 0.376 e. The molecule has 4 heterocycles. The number of carbonyl (C=O) groups is 1. The van der Waals surface area contributed by atoms with E-state index in [0.717, 1.165) is 51.7 Å². The van der Waals surface area contributed by atoms with Gasteiger partial charge in [-0.2, -0.15) is 0 Å². The summed E-state index contributed by atoms with van der Waals surface area (Å²) in [6, 6.07) is 10.1. The molecule has 5 rings (SSSR count). The van der Waals surface area contributed by atoms with Crippen LogP contribution in [-0.2, 0) is 16.1 Å². The summed E-state index contributed by atoms with van der Waals surface area (Å²) in [7, 11) is 0. The summed E-state index contributed by atoms with van der Waals surface area (Å²) in [6.07, 6.45) is 2.24. The molecule has 1 aliphatic heterocycles.